The van der Waals surface area contributed by atoms with E-state index in [9.17, 15) is 35.1 Å². The lowest BCUT2D eigenvalue weighted by Gasteiger charge is -2.46. The zero-order valence-corrected chi connectivity index (χ0v) is 40.5. The van der Waals surface area contributed by atoms with Gasteiger partial charge in [-0.15, -0.1) is 0 Å². The molecule has 0 aliphatic carbocycles. The second-order valence-electron chi connectivity index (χ2n) is 18.7. The first kappa shape index (κ1) is 56.2. The molecule has 2 heterocycles. The van der Waals surface area contributed by atoms with Crippen LogP contribution in [0, 0.1) is 17.8 Å². The van der Waals surface area contributed by atoms with Gasteiger partial charge in [0.05, 0.1) is 35.9 Å². The molecular weight excluding hydrogens is 801 g/mol. The fourth-order valence-electron chi connectivity index (χ4n) is 8.83. The number of likely N-dealkylation sites (N-methyl/N-ethyl adjacent to an activating group) is 1. The molecule has 0 bridgehead atoms. The normalized spacial score (nSPS) is 36.1. The largest absolute Gasteiger partial charge is 0.459 e. The van der Waals surface area contributed by atoms with Gasteiger partial charge in [0.2, 0.25) is 5.91 Å². The number of nitrogens with zero attached hydrogens (tertiary/aromatic N) is 2. The van der Waals surface area contributed by atoms with Gasteiger partial charge in [-0.2, -0.15) is 0 Å². The van der Waals surface area contributed by atoms with Crippen LogP contribution in [0.1, 0.15) is 133 Å². The lowest BCUT2D eigenvalue weighted by molar-refractivity contribution is -0.299. The highest BCUT2D eigenvalue weighted by atomic mass is 16.7. The molecule has 360 valence electrons. The van der Waals surface area contributed by atoms with Gasteiger partial charge in [0.25, 0.3) is 0 Å². The monoisotopic (exact) mass is 887 g/mol. The Bertz CT molecular complexity index is 1520. The molecule has 2 fully saturated rings. The highest BCUT2D eigenvalue weighted by molar-refractivity contribution is 5.77. The summed E-state index contributed by atoms with van der Waals surface area (Å²) in [6.07, 6.45) is 24.7. The van der Waals surface area contributed by atoms with Gasteiger partial charge in [0.15, 0.2) is 6.29 Å². The van der Waals surface area contributed by atoms with Crippen molar-refractivity contribution in [2.24, 2.45) is 17.8 Å². The van der Waals surface area contributed by atoms with Gasteiger partial charge in [-0.1, -0.05) is 101 Å². The zero-order chi connectivity index (χ0) is 47.3. The van der Waals surface area contributed by atoms with E-state index in [0.717, 1.165) is 38.5 Å². The Balaban J connectivity index is 2.24. The number of ether oxygens (including phenoxy) is 3. The first-order valence-corrected chi connectivity index (χ1v) is 23.6. The zero-order valence-electron chi connectivity index (χ0n) is 40.5. The number of hydrogen-bond donors (Lipinski definition) is 5. The summed E-state index contributed by atoms with van der Waals surface area (Å²) in [4.78, 5) is 31.2. The predicted octanol–water partition coefficient (Wildman–Crippen LogP) is 7.35. The van der Waals surface area contributed by atoms with Crippen molar-refractivity contribution in [2.45, 2.75) is 199 Å². The second-order valence-corrected chi connectivity index (χ2v) is 18.7. The molecule has 14 atom stereocenters. The van der Waals surface area contributed by atoms with E-state index in [1.54, 1.807) is 32.6 Å². The predicted molar refractivity (Wildman–Crippen MR) is 251 cm³/mol. The summed E-state index contributed by atoms with van der Waals surface area (Å²) in [5.74, 6) is -3.43. The number of allylic oxidation sites excluding steroid dienone is 12. The number of aliphatic hydroxyl groups is 5. The molecule has 0 radical (unpaired) electrons. The molecule has 2 rings (SSSR count). The molecule has 2 aliphatic rings. The Morgan fingerprint density at radius 3 is 1.81 bits per heavy atom. The van der Waals surface area contributed by atoms with Gasteiger partial charge in [-0.25, -0.2) is 0 Å². The van der Waals surface area contributed by atoms with Crippen molar-refractivity contribution < 1.29 is 49.3 Å². The number of hydrogen-bond acceptors (Lipinski definition) is 11. The lowest BCUT2D eigenvalue weighted by atomic mass is 9.78. The second kappa shape index (κ2) is 28.2. The summed E-state index contributed by atoms with van der Waals surface area (Å²) in [5, 5.41) is 59.0. The lowest BCUT2D eigenvalue weighted by Crippen LogP contribution is -2.60. The fraction of sp³-hybridized carbons (Fsp3) is 0.725. The smallest absolute Gasteiger partial charge is 0.311 e. The molecule has 2 saturated heterocycles. The molecule has 5 N–H and O–H groups in total. The van der Waals surface area contributed by atoms with Gasteiger partial charge in [-0.05, 0) is 119 Å². The van der Waals surface area contributed by atoms with Crippen LogP contribution in [0.2, 0.25) is 0 Å². The molecule has 12 nitrogen and oxygen atoms in total. The summed E-state index contributed by atoms with van der Waals surface area (Å²) >= 11 is 0. The highest BCUT2D eigenvalue weighted by Gasteiger charge is 2.50. The quantitative estimate of drug-likeness (QED) is 0.0690. The van der Waals surface area contributed by atoms with E-state index < -0.39 is 71.9 Å². The van der Waals surface area contributed by atoms with E-state index >= 15 is 0 Å². The Labute approximate surface area is 380 Å². The molecule has 0 aromatic carbocycles. The average Bonchev–Trinajstić information content (AvgIpc) is 3.23. The summed E-state index contributed by atoms with van der Waals surface area (Å²) < 4.78 is 18.4. The van der Waals surface area contributed by atoms with E-state index in [1.807, 2.05) is 45.0 Å². The number of carbonyl (C=O) groups excluding carboxylic acids is 2. The number of esters is 1. The van der Waals surface area contributed by atoms with E-state index in [4.69, 9.17) is 14.2 Å². The maximum Gasteiger partial charge on any atom is 0.311 e. The van der Waals surface area contributed by atoms with Crippen LogP contribution in [0.3, 0.4) is 0 Å². The molecule has 1 unspecified atom stereocenters. The van der Waals surface area contributed by atoms with Crippen molar-refractivity contribution >= 4 is 11.9 Å². The van der Waals surface area contributed by atoms with Crippen LogP contribution in [-0.4, -0.2) is 134 Å². The van der Waals surface area contributed by atoms with Gasteiger partial charge >= 0.3 is 5.97 Å². The van der Waals surface area contributed by atoms with Gasteiger partial charge in [-0.3, -0.25) is 9.59 Å². The molecule has 0 spiro atoms. The van der Waals surface area contributed by atoms with Crippen LogP contribution < -0.4 is 0 Å². The number of cyclic esters (lactones) is 1. The Hall–Kier alpha value is -2.94. The summed E-state index contributed by atoms with van der Waals surface area (Å²) in [6.45, 7) is 15.6. The highest BCUT2D eigenvalue weighted by Crippen LogP contribution is 2.37. The minimum absolute atomic E-state index is 0.0801. The number of aliphatic hydroxyl groups excluding tert-OH is 3. The Morgan fingerprint density at radius 2 is 1.32 bits per heavy atom. The van der Waals surface area contributed by atoms with Gasteiger partial charge < -0.3 is 49.5 Å². The molecule has 1 amide bonds. The first-order valence-electron chi connectivity index (χ1n) is 23.6. The van der Waals surface area contributed by atoms with Crippen LogP contribution in [0.15, 0.2) is 72.9 Å². The van der Waals surface area contributed by atoms with Crippen molar-refractivity contribution in [3.05, 3.63) is 72.9 Å². The Morgan fingerprint density at radius 1 is 0.810 bits per heavy atom. The van der Waals surface area contributed by atoms with E-state index in [1.165, 1.54) is 13.8 Å². The minimum Gasteiger partial charge on any atom is -0.459 e. The third-order valence-corrected chi connectivity index (χ3v) is 12.6. The molecule has 12 heteroatoms. The van der Waals surface area contributed by atoms with Crippen LogP contribution in [0.25, 0.3) is 0 Å². The van der Waals surface area contributed by atoms with E-state index in [2.05, 4.69) is 67.7 Å². The first-order chi connectivity index (χ1) is 29.7. The fourth-order valence-corrected chi connectivity index (χ4v) is 8.83. The topological polar surface area (TPSA) is 169 Å². The van der Waals surface area contributed by atoms with E-state index in [-0.39, 0.29) is 49.8 Å². The maximum absolute atomic E-state index is 14.1. The van der Waals surface area contributed by atoms with Gasteiger partial charge in [0, 0.05) is 24.9 Å². The SMILES string of the molecule is CC/C=C\C/C=C\C/C=C\C/C=C\C/C=C\C/C=C\CCC(=O)N1C[C@H](C)C[C@@](C)(O)[C@H](OC2O[C@H](C)C[C@H](N(C)C)[C@H]2O)[C@@H](C)[C@H](O)[C@@H](C)C(=O)O[C@H](CC)[C@@](C)(O)[C@H](O)[C@H]1C. The molecule has 0 saturated carbocycles. The van der Waals surface area contributed by atoms with Crippen molar-refractivity contribution in [2.75, 3.05) is 20.6 Å². The molecule has 0 aromatic heterocycles. The standard InChI is InChI=1S/C51H86N2O10/c1-12-14-15-16-17-18-19-20-21-22-23-24-25-26-27-28-29-30-31-32-43(54)53-35-36(3)34-50(8,59)47(63-49-45(56)41(52(10)11)33-37(4)61-49)38(5)44(55)39(6)48(58)62-42(13-2)51(9,60)46(57)40(53)7/h14-15,17-18,20-21,23-24,26-27,29-30,36-42,44-47,49,55-57,59-60H,12-13,16,19,22,25,28,31-35H2,1-11H3/b15-14-,18-17-,21-20-,24-23-,27-26-,30-29-/t36-,37-,38+,39-,40-,41+,42-,44+,45-,46-,47-,49?,50-,51-/m1/s1. The summed E-state index contributed by atoms with van der Waals surface area (Å²) in [7, 11) is 3.72. The van der Waals surface area contributed by atoms with Crippen molar-refractivity contribution in [1.82, 2.24) is 9.80 Å². The van der Waals surface area contributed by atoms with Crippen LogP contribution in [0.4, 0.5) is 0 Å². The van der Waals surface area contributed by atoms with Crippen molar-refractivity contribution in [1.29, 1.82) is 0 Å². The third-order valence-electron chi connectivity index (χ3n) is 12.6. The van der Waals surface area contributed by atoms with Gasteiger partial charge in [0.1, 0.15) is 23.9 Å². The number of amides is 1. The number of carbonyl (C=O) groups is 2. The molecule has 2 aliphatic heterocycles. The van der Waals surface area contributed by atoms with Crippen molar-refractivity contribution in [3.63, 3.8) is 0 Å². The average molecular weight is 887 g/mol. The number of rotatable bonds is 18. The van der Waals surface area contributed by atoms with Crippen LogP contribution in [-0.2, 0) is 23.8 Å². The van der Waals surface area contributed by atoms with Crippen LogP contribution in [0.5, 0.6) is 0 Å². The van der Waals surface area contributed by atoms with Crippen LogP contribution >= 0.6 is 0 Å². The summed E-state index contributed by atoms with van der Waals surface area (Å²) in [5.41, 5.74) is -3.63. The van der Waals surface area contributed by atoms with E-state index in [0.29, 0.717) is 12.8 Å². The Kier molecular flexibility index (Phi) is 25.1. The minimum atomic E-state index is -1.96. The van der Waals surface area contributed by atoms with Crippen molar-refractivity contribution in [3.8, 4) is 0 Å². The molecular formula is C51H86N2O10. The third kappa shape index (κ3) is 18.1. The molecule has 63 heavy (non-hydrogen) atoms. The summed E-state index contributed by atoms with van der Waals surface area (Å²) in [6, 6.07) is -1.20. The molecule has 0 aromatic rings. The maximum atomic E-state index is 14.1.